The average Bonchev–Trinajstić information content (AvgIpc) is 2.49. The SMILES string of the molecule is Cc1c(O)c2c(c(O)c1SC1CCCC(F)C1)CC=CC2. The van der Waals surface area contributed by atoms with Crippen LogP contribution < -0.4 is 0 Å². The molecule has 2 atom stereocenters. The number of benzene rings is 1. The number of fused-ring (bicyclic) bond motifs is 1. The van der Waals surface area contributed by atoms with Crippen LogP contribution in [0.2, 0.25) is 0 Å². The zero-order chi connectivity index (χ0) is 15.0. The van der Waals surface area contributed by atoms with E-state index in [0.717, 1.165) is 34.4 Å². The molecule has 4 heteroatoms. The molecule has 3 rings (SSSR count). The lowest BCUT2D eigenvalue weighted by Crippen LogP contribution is -2.18. The number of rotatable bonds is 2. The average molecular weight is 308 g/mol. The van der Waals surface area contributed by atoms with Gasteiger partial charge in [-0.1, -0.05) is 12.2 Å². The van der Waals surface area contributed by atoms with Gasteiger partial charge in [0.05, 0.1) is 4.90 Å². The van der Waals surface area contributed by atoms with E-state index in [9.17, 15) is 14.6 Å². The van der Waals surface area contributed by atoms with Gasteiger partial charge in [-0.3, -0.25) is 0 Å². The Morgan fingerprint density at radius 1 is 1.10 bits per heavy atom. The van der Waals surface area contributed by atoms with Gasteiger partial charge >= 0.3 is 0 Å². The Labute approximate surface area is 129 Å². The molecule has 1 aromatic rings. The molecule has 0 amide bonds. The lowest BCUT2D eigenvalue weighted by atomic mass is 9.93. The molecular weight excluding hydrogens is 287 g/mol. The predicted octanol–water partition coefficient (Wildman–Crippen LogP) is 4.43. The van der Waals surface area contributed by atoms with E-state index < -0.39 is 6.17 Å². The van der Waals surface area contributed by atoms with Crippen molar-refractivity contribution in [3.8, 4) is 11.5 Å². The second-order valence-corrected chi connectivity index (χ2v) is 7.30. The first-order valence-electron chi connectivity index (χ1n) is 7.60. The fourth-order valence-electron chi connectivity index (χ4n) is 3.28. The monoisotopic (exact) mass is 308 g/mol. The largest absolute Gasteiger partial charge is 0.507 e. The molecule has 2 unspecified atom stereocenters. The Kier molecular flexibility index (Phi) is 4.16. The first kappa shape index (κ1) is 14.8. The molecular formula is C17H21FO2S. The zero-order valence-electron chi connectivity index (χ0n) is 12.2. The maximum atomic E-state index is 13.6. The molecule has 21 heavy (non-hydrogen) atoms. The van der Waals surface area contributed by atoms with Crippen LogP contribution in [0.15, 0.2) is 17.0 Å². The van der Waals surface area contributed by atoms with Crippen LogP contribution in [0.4, 0.5) is 4.39 Å². The minimum Gasteiger partial charge on any atom is -0.507 e. The number of thioether (sulfide) groups is 1. The molecule has 114 valence electrons. The zero-order valence-corrected chi connectivity index (χ0v) is 13.0. The summed E-state index contributed by atoms with van der Waals surface area (Å²) in [5.74, 6) is 0.581. The van der Waals surface area contributed by atoms with Crippen molar-refractivity contribution in [2.45, 2.75) is 61.8 Å². The third-order valence-electron chi connectivity index (χ3n) is 4.50. The number of hydrogen-bond donors (Lipinski definition) is 2. The lowest BCUT2D eigenvalue weighted by Gasteiger charge is -2.26. The molecule has 0 spiro atoms. The van der Waals surface area contributed by atoms with Crippen molar-refractivity contribution in [3.05, 3.63) is 28.8 Å². The van der Waals surface area contributed by atoms with Crippen molar-refractivity contribution in [1.29, 1.82) is 0 Å². The van der Waals surface area contributed by atoms with Crippen LogP contribution >= 0.6 is 11.8 Å². The number of aromatic hydroxyl groups is 2. The first-order chi connectivity index (χ1) is 10.1. The highest BCUT2D eigenvalue weighted by atomic mass is 32.2. The van der Waals surface area contributed by atoms with Gasteiger partial charge in [-0.25, -0.2) is 4.39 Å². The topological polar surface area (TPSA) is 40.5 Å². The summed E-state index contributed by atoms with van der Waals surface area (Å²) in [7, 11) is 0. The first-order valence-corrected chi connectivity index (χ1v) is 8.47. The number of halogens is 1. The van der Waals surface area contributed by atoms with E-state index in [0.29, 0.717) is 31.4 Å². The normalized spacial score (nSPS) is 24.9. The van der Waals surface area contributed by atoms with Crippen LogP contribution in [-0.2, 0) is 12.8 Å². The second kappa shape index (κ2) is 5.91. The van der Waals surface area contributed by atoms with Crippen LogP contribution in [-0.4, -0.2) is 21.6 Å². The van der Waals surface area contributed by atoms with Gasteiger partial charge in [0.1, 0.15) is 17.7 Å². The summed E-state index contributed by atoms with van der Waals surface area (Å²) in [6.07, 6.45) is 7.69. The van der Waals surface area contributed by atoms with Crippen LogP contribution in [0.3, 0.4) is 0 Å². The molecule has 2 N–H and O–H groups in total. The van der Waals surface area contributed by atoms with Crippen LogP contribution in [0.25, 0.3) is 0 Å². The number of phenols is 2. The quantitative estimate of drug-likeness (QED) is 0.627. The molecule has 1 fully saturated rings. The highest BCUT2D eigenvalue weighted by Crippen LogP contribution is 2.47. The number of alkyl halides is 1. The highest BCUT2D eigenvalue weighted by Gasteiger charge is 2.27. The third kappa shape index (κ3) is 2.78. The highest BCUT2D eigenvalue weighted by molar-refractivity contribution is 8.00. The number of allylic oxidation sites excluding steroid dienone is 2. The van der Waals surface area contributed by atoms with E-state index in [1.807, 2.05) is 19.1 Å². The molecule has 0 aliphatic heterocycles. The molecule has 0 bridgehead atoms. The standard InChI is InChI=1S/C17H21FO2S/c1-10-15(19)13-7-2-3-8-14(13)16(20)17(10)21-12-6-4-5-11(18)9-12/h2-3,11-12,19-20H,4-9H2,1H3. The van der Waals surface area contributed by atoms with Gasteiger partial charge in [0.2, 0.25) is 0 Å². The van der Waals surface area contributed by atoms with E-state index >= 15 is 0 Å². The molecule has 0 radical (unpaired) electrons. The maximum Gasteiger partial charge on any atom is 0.133 e. The molecule has 2 aliphatic carbocycles. The fourth-order valence-corrected chi connectivity index (χ4v) is 4.71. The minimum absolute atomic E-state index is 0.190. The lowest BCUT2D eigenvalue weighted by molar-refractivity contribution is 0.256. The van der Waals surface area contributed by atoms with Crippen LogP contribution in [0.1, 0.15) is 42.4 Å². The molecule has 0 heterocycles. The smallest absolute Gasteiger partial charge is 0.133 e. The van der Waals surface area contributed by atoms with Gasteiger partial charge in [-0.05, 0) is 45.4 Å². The molecule has 1 saturated carbocycles. The summed E-state index contributed by atoms with van der Waals surface area (Å²) in [5, 5.41) is 21.2. The van der Waals surface area contributed by atoms with Gasteiger partial charge in [0.25, 0.3) is 0 Å². The van der Waals surface area contributed by atoms with Crippen molar-refractivity contribution in [3.63, 3.8) is 0 Å². The molecule has 0 aromatic heterocycles. The van der Waals surface area contributed by atoms with E-state index in [4.69, 9.17) is 0 Å². The fraction of sp³-hybridized carbons (Fsp3) is 0.529. The van der Waals surface area contributed by atoms with Gasteiger partial charge in [0, 0.05) is 21.9 Å². The van der Waals surface area contributed by atoms with Crippen molar-refractivity contribution < 1.29 is 14.6 Å². The van der Waals surface area contributed by atoms with Gasteiger partial charge in [-0.2, -0.15) is 0 Å². The molecule has 2 nitrogen and oxygen atoms in total. The van der Waals surface area contributed by atoms with Crippen LogP contribution in [0.5, 0.6) is 11.5 Å². The predicted molar refractivity (Wildman–Crippen MR) is 84.1 cm³/mol. The summed E-state index contributed by atoms with van der Waals surface area (Å²) < 4.78 is 13.6. The third-order valence-corrected chi connectivity index (χ3v) is 6.00. The van der Waals surface area contributed by atoms with Crippen molar-refractivity contribution in [1.82, 2.24) is 0 Å². The Hall–Kier alpha value is -1.16. The summed E-state index contributed by atoms with van der Waals surface area (Å²) in [6.45, 7) is 1.84. The molecule has 0 saturated heterocycles. The molecule has 2 aliphatic rings. The summed E-state index contributed by atoms with van der Waals surface area (Å²) in [5.41, 5.74) is 2.40. The minimum atomic E-state index is -0.729. The summed E-state index contributed by atoms with van der Waals surface area (Å²) in [6, 6.07) is 0. The Morgan fingerprint density at radius 2 is 1.76 bits per heavy atom. The summed E-state index contributed by atoms with van der Waals surface area (Å²) >= 11 is 1.53. The Bertz CT molecular complexity index is 583. The van der Waals surface area contributed by atoms with Crippen molar-refractivity contribution in [2.75, 3.05) is 0 Å². The van der Waals surface area contributed by atoms with E-state index in [1.54, 1.807) is 0 Å². The number of phenolic OH excluding ortho intramolecular Hbond substituents is 2. The Morgan fingerprint density at radius 3 is 2.43 bits per heavy atom. The maximum absolute atomic E-state index is 13.6. The summed E-state index contributed by atoms with van der Waals surface area (Å²) in [4.78, 5) is 0.737. The van der Waals surface area contributed by atoms with Crippen LogP contribution in [0, 0.1) is 6.92 Å². The Balaban J connectivity index is 1.93. The van der Waals surface area contributed by atoms with E-state index in [-0.39, 0.29) is 11.0 Å². The van der Waals surface area contributed by atoms with Crippen molar-refractivity contribution >= 4 is 11.8 Å². The second-order valence-electron chi connectivity index (χ2n) is 5.99. The van der Waals surface area contributed by atoms with E-state index in [2.05, 4.69) is 0 Å². The van der Waals surface area contributed by atoms with E-state index in [1.165, 1.54) is 11.8 Å². The van der Waals surface area contributed by atoms with Gasteiger partial charge in [-0.15, -0.1) is 11.8 Å². The van der Waals surface area contributed by atoms with Crippen molar-refractivity contribution in [2.24, 2.45) is 0 Å². The van der Waals surface area contributed by atoms with Gasteiger partial charge in [0.15, 0.2) is 0 Å². The van der Waals surface area contributed by atoms with Gasteiger partial charge < -0.3 is 10.2 Å². The number of hydrogen-bond acceptors (Lipinski definition) is 3. The molecule has 1 aromatic carbocycles.